The second kappa shape index (κ2) is 10.8. The summed E-state index contributed by atoms with van der Waals surface area (Å²) in [6.07, 6.45) is -0.315. The molecule has 2 bridgehead atoms. The summed E-state index contributed by atoms with van der Waals surface area (Å²) in [5.41, 5.74) is 1.24. The van der Waals surface area contributed by atoms with Crippen molar-refractivity contribution >= 4 is 22.4 Å². The van der Waals surface area contributed by atoms with Crippen molar-refractivity contribution < 1.29 is 35.8 Å². The van der Waals surface area contributed by atoms with Crippen LogP contribution in [0.5, 0.6) is 11.9 Å². The number of benzene rings is 1. The molecule has 3 fully saturated rings. The maximum atomic E-state index is 16.8. The number of halogens is 6. The minimum Gasteiger partial charge on any atom is -0.472 e. The van der Waals surface area contributed by atoms with Crippen LogP contribution in [0.1, 0.15) is 50.2 Å². The van der Waals surface area contributed by atoms with Crippen molar-refractivity contribution in [1.29, 1.82) is 0 Å². The quantitative estimate of drug-likeness (QED) is 0.280. The number of fused-ring (bicyclic) bond motifs is 6. The van der Waals surface area contributed by atoms with E-state index >= 15 is 4.39 Å². The molecule has 9 nitrogen and oxygen atoms in total. The molecule has 6 atom stereocenters. The van der Waals surface area contributed by atoms with Crippen LogP contribution in [-0.4, -0.2) is 75.9 Å². The Balaban J connectivity index is 1.29. The fraction of sp³-hybridized carbons (Fsp3) is 0.531. The van der Waals surface area contributed by atoms with Crippen molar-refractivity contribution in [2.24, 2.45) is 0 Å². The standard InChI is InChI=1S/C32H33F6N7O2/c1-13-23(32(36,37)38)19(10-20(39)24(13)34)26-25(35)27-22-29(45-11-16-3-6-21(40-16)28(45)14(2)47-30(22)41-26)43-31(42-27)46-12-18-5-4-17-9-15(33)7-8-44(17)18/h9-10,14,16-18,21,28,40H,3-8,11-12,39H2,1-2H3/t14-,16+,17?,18-,21-,28+/m0/s1. The first kappa shape index (κ1) is 30.5. The van der Waals surface area contributed by atoms with Gasteiger partial charge in [0.2, 0.25) is 5.88 Å². The summed E-state index contributed by atoms with van der Waals surface area (Å²) in [5.74, 6) is -2.35. The molecule has 3 N–H and O–H groups in total. The van der Waals surface area contributed by atoms with E-state index in [-0.39, 0.29) is 65.4 Å². The molecule has 5 aliphatic heterocycles. The van der Waals surface area contributed by atoms with Gasteiger partial charge >= 0.3 is 12.2 Å². The predicted molar refractivity (Wildman–Crippen MR) is 161 cm³/mol. The van der Waals surface area contributed by atoms with Crippen LogP contribution in [0.25, 0.3) is 22.2 Å². The van der Waals surface area contributed by atoms with Crippen LogP contribution in [0, 0.1) is 18.6 Å². The molecule has 7 heterocycles. The summed E-state index contributed by atoms with van der Waals surface area (Å²) in [5, 5.41) is 3.72. The number of piperazine rings is 1. The first-order chi connectivity index (χ1) is 22.4. The molecule has 0 spiro atoms. The van der Waals surface area contributed by atoms with Gasteiger partial charge in [0.05, 0.1) is 23.1 Å². The van der Waals surface area contributed by atoms with Gasteiger partial charge in [-0.25, -0.2) is 18.2 Å². The zero-order valence-electron chi connectivity index (χ0n) is 25.7. The monoisotopic (exact) mass is 661 g/mol. The Bertz CT molecular complexity index is 1820. The third-order valence-electron chi connectivity index (χ3n) is 10.4. The van der Waals surface area contributed by atoms with Crippen molar-refractivity contribution in [3.05, 3.63) is 40.7 Å². The Morgan fingerprint density at radius 3 is 2.68 bits per heavy atom. The lowest BCUT2D eigenvalue weighted by atomic mass is 9.96. The topological polar surface area (TPSA) is 102 Å². The molecule has 0 saturated carbocycles. The van der Waals surface area contributed by atoms with Crippen LogP contribution in [0.4, 0.5) is 37.8 Å². The van der Waals surface area contributed by atoms with E-state index in [4.69, 9.17) is 20.2 Å². The highest BCUT2D eigenvalue weighted by Crippen LogP contribution is 2.47. The third-order valence-corrected chi connectivity index (χ3v) is 10.4. The first-order valence-electron chi connectivity index (χ1n) is 15.9. The van der Waals surface area contributed by atoms with Gasteiger partial charge in [0.1, 0.15) is 40.9 Å². The Morgan fingerprint density at radius 2 is 1.89 bits per heavy atom. The van der Waals surface area contributed by atoms with E-state index in [1.807, 2.05) is 11.8 Å². The number of nitrogens with two attached hydrogens (primary N) is 1. The minimum atomic E-state index is -5.05. The van der Waals surface area contributed by atoms with E-state index in [0.717, 1.165) is 38.7 Å². The van der Waals surface area contributed by atoms with Gasteiger partial charge in [0.15, 0.2) is 5.82 Å². The van der Waals surface area contributed by atoms with Gasteiger partial charge in [-0.05, 0) is 57.2 Å². The molecule has 3 aromatic rings. The predicted octanol–water partition coefficient (Wildman–Crippen LogP) is 5.44. The zero-order chi connectivity index (χ0) is 32.9. The molecule has 0 radical (unpaired) electrons. The number of pyridine rings is 1. The highest BCUT2D eigenvalue weighted by atomic mass is 19.4. The van der Waals surface area contributed by atoms with Crippen LogP contribution in [0.2, 0.25) is 0 Å². The molecule has 1 unspecified atom stereocenters. The Morgan fingerprint density at radius 1 is 1.09 bits per heavy atom. The number of anilines is 2. The number of alkyl halides is 3. The van der Waals surface area contributed by atoms with Crippen LogP contribution in [0.3, 0.4) is 0 Å². The highest BCUT2D eigenvalue weighted by Gasteiger charge is 2.48. The number of ether oxygens (including phenoxy) is 2. The lowest BCUT2D eigenvalue weighted by Crippen LogP contribution is -2.62. The summed E-state index contributed by atoms with van der Waals surface area (Å²) in [6.45, 7) is 4.00. The van der Waals surface area contributed by atoms with Gasteiger partial charge < -0.3 is 25.4 Å². The van der Waals surface area contributed by atoms with E-state index in [2.05, 4.69) is 20.2 Å². The Hall–Kier alpha value is -3.85. The molecule has 250 valence electrons. The smallest absolute Gasteiger partial charge is 0.417 e. The van der Waals surface area contributed by atoms with E-state index in [9.17, 15) is 22.0 Å². The molecular formula is C32H33F6N7O2. The molecule has 2 aromatic heterocycles. The first-order valence-corrected chi connectivity index (χ1v) is 15.9. The average Bonchev–Trinajstić information content (AvgIpc) is 3.57. The summed E-state index contributed by atoms with van der Waals surface area (Å²) in [4.78, 5) is 17.7. The number of aromatic nitrogens is 3. The molecule has 1 aromatic carbocycles. The van der Waals surface area contributed by atoms with Gasteiger partial charge in [-0.2, -0.15) is 23.1 Å². The Kier molecular flexibility index (Phi) is 7.03. The van der Waals surface area contributed by atoms with Crippen LogP contribution < -0.4 is 25.4 Å². The largest absolute Gasteiger partial charge is 0.472 e. The van der Waals surface area contributed by atoms with Crippen LogP contribution in [0.15, 0.2) is 18.0 Å². The zero-order valence-corrected chi connectivity index (χ0v) is 25.7. The van der Waals surface area contributed by atoms with Gasteiger partial charge in [-0.1, -0.05) is 0 Å². The SMILES string of the molecule is Cc1c(F)c(N)cc(-c2nc3c4c(nc(OC[C@@H]5CCC6C=C(F)CCN65)nc4c2F)N2C[C@H]4CC[C@H](N4)[C@H]2[C@H](C)O3)c1C(F)(F)F. The minimum absolute atomic E-state index is 0.0242. The lowest BCUT2D eigenvalue weighted by molar-refractivity contribution is -0.137. The molecule has 3 saturated heterocycles. The lowest BCUT2D eigenvalue weighted by Gasteiger charge is -2.42. The van der Waals surface area contributed by atoms with Gasteiger partial charge in [-0.3, -0.25) is 4.90 Å². The molecule has 5 aliphatic rings. The Labute approximate surface area is 266 Å². The second-order valence-corrected chi connectivity index (χ2v) is 13.2. The summed E-state index contributed by atoms with van der Waals surface area (Å²) in [6, 6.07) is 0.435. The molecule has 0 aliphatic carbocycles. The normalized spacial score (nSPS) is 28.5. The van der Waals surface area contributed by atoms with E-state index in [0.29, 0.717) is 25.3 Å². The average molecular weight is 662 g/mol. The fourth-order valence-electron chi connectivity index (χ4n) is 8.28. The molecule has 8 rings (SSSR count). The van der Waals surface area contributed by atoms with Crippen molar-refractivity contribution in [3.63, 3.8) is 0 Å². The van der Waals surface area contributed by atoms with Crippen LogP contribution >= 0.6 is 0 Å². The van der Waals surface area contributed by atoms with Gasteiger partial charge in [-0.15, -0.1) is 0 Å². The van der Waals surface area contributed by atoms with Crippen molar-refractivity contribution in [3.8, 4) is 23.1 Å². The second-order valence-electron chi connectivity index (χ2n) is 13.2. The van der Waals surface area contributed by atoms with Crippen molar-refractivity contribution in [2.75, 3.05) is 30.3 Å². The number of nitrogens with zero attached hydrogens (tertiary/aromatic N) is 5. The van der Waals surface area contributed by atoms with E-state index in [1.54, 1.807) is 6.08 Å². The number of hydrogen-bond acceptors (Lipinski definition) is 9. The maximum absolute atomic E-state index is 16.8. The van der Waals surface area contributed by atoms with Gasteiger partial charge in [0, 0.05) is 49.2 Å². The molecule has 0 amide bonds. The summed E-state index contributed by atoms with van der Waals surface area (Å²) < 4.78 is 101. The van der Waals surface area contributed by atoms with Crippen molar-refractivity contribution in [1.82, 2.24) is 25.2 Å². The number of rotatable bonds is 4. The fourth-order valence-corrected chi connectivity index (χ4v) is 8.28. The number of nitrogens with one attached hydrogen (secondary N) is 1. The number of hydrogen-bond donors (Lipinski definition) is 2. The van der Waals surface area contributed by atoms with E-state index < -0.39 is 52.0 Å². The highest BCUT2D eigenvalue weighted by molar-refractivity contribution is 5.97. The number of nitrogen functional groups attached to an aromatic ring is 1. The molecule has 15 heteroatoms. The van der Waals surface area contributed by atoms with E-state index in [1.165, 1.54) is 0 Å². The third kappa shape index (κ3) is 4.87. The van der Waals surface area contributed by atoms with Crippen molar-refractivity contribution in [2.45, 2.75) is 88.4 Å². The maximum Gasteiger partial charge on any atom is 0.417 e. The van der Waals surface area contributed by atoms with Gasteiger partial charge in [0.25, 0.3) is 0 Å². The van der Waals surface area contributed by atoms with Crippen LogP contribution in [-0.2, 0) is 6.18 Å². The summed E-state index contributed by atoms with van der Waals surface area (Å²) >= 11 is 0. The summed E-state index contributed by atoms with van der Waals surface area (Å²) in [7, 11) is 0. The molecule has 47 heavy (non-hydrogen) atoms. The molecular weight excluding hydrogens is 628 g/mol.